The minimum atomic E-state index is -0.810. The van der Waals surface area contributed by atoms with Crippen molar-refractivity contribution in [2.45, 2.75) is 95.7 Å². The highest BCUT2D eigenvalue weighted by Gasteiger charge is 2.26. The van der Waals surface area contributed by atoms with Crippen molar-refractivity contribution >= 4 is 12.3 Å². The molecular weight excluding hydrogens is 352 g/mol. The fourth-order valence-electron chi connectivity index (χ4n) is 4.11. The lowest BCUT2D eigenvalue weighted by molar-refractivity contribution is -0.150. The monoisotopic (exact) mass is 388 g/mol. The summed E-state index contributed by atoms with van der Waals surface area (Å²) in [5.74, 6) is -0.0602. The van der Waals surface area contributed by atoms with Crippen LogP contribution in [0.1, 0.15) is 89.0 Å². The smallest absolute Gasteiger partial charge is 0.309 e. The summed E-state index contributed by atoms with van der Waals surface area (Å²) in [4.78, 5) is 23.5. The first-order valence-corrected chi connectivity index (χ1v) is 11.0. The summed E-state index contributed by atoms with van der Waals surface area (Å²) >= 11 is 0. The molecule has 0 heterocycles. The van der Waals surface area contributed by atoms with E-state index in [0.29, 0.717) is 19.4 Å². The summed E-state index contributed by atoms with van der Waals surface area (Å²) < 4.78 is 5.59. The zero-order valence-electron chi connectivity index (χ0n) is 17.1. The summed E-state index contributed by atoms with van der Waals surface area (Å²) in [6.07, 6.45) is 12.4. The summed E-state index contributed by atoms with van der Waals surface area (Å²) in [6.45, 7) is 0.353. The minimum Gasteiger partial charge on any atom is -0.461 e. The van der Waals surface area contributed by atoms with Gasteiger partial charge < -0.3 is 14.6 Å². The van der Waals surface area contributed by atoms with E-state index in [0.717, 1.165) is 76.1 Å². The Bertz CT molecular complexity index is 553. The molecule has 0 saturated heterocycles. The number of benzene rings is 1. The average Bonchev–Trinajstić information content (AvgIpc) is 2.70. The zero-order chi connectivity index (χ0) is 20.1. The Morgan fingerprint density at radius 2 is 1.54 bits per heavy atom. The van der Waals surface area contributed by atoms with Crippen LogP contribution in [0.15, 0.2) is 30.3 Å². The van der Waals surface area contributed by atoms with E-state index in [1.165, 1.54) is 0 Å². The van der Waals surface area contributed by atoms with Crippen LogP contribution in [0, 0.1) is 5.92 Å². The highest BCUT2D eigenvalue weighted by molar-refractivity contribution is 5.72. The molecule has 28 heavy (non-hydrogen) atoms. The molecule has 0 atom stereocenters. The van der Waals surface area contributed by atoms with Crippen molar-refractivity contribution in [3.8, 4) is 0 Å². The number of rotatable bonds is 5. The van der Waals surface area contributed by atoms with Crippen molar-refractivity contribution in [1.29, 1.82) is 0 Å². The number of ether oxygens (including phenoxy) is 1. The zero-order valence-corrected chi connectivity index (χ0v) is 17.1. The molecule has 0 bridgehead atoms. The molecule has 1 aliphatic rings. The molecule has 1 aromatic carbocycles. The number of hydrogen-bond donors (Lipinski definition) is 1. The van der Waals surface area contributed by atoms with E-state index in [2.05, 4.69) is 0 Å². The Hall–Kier alpha value is -1.68. The number of esters is 1. The Morgan fingerprint density at radius 1 is 0.964 bits per heavy atom. The van der Waals surface area contributed by atoms with Gasteiger partial charge in [-0.15, -0.1) is 0 Å². The molecule has 0 unspecified atom stereocenters. The normalized spacial score (nSPS) is 25.4. The lowest BCUT2D eigenvalue weighted by Gasteiger charge is -2.26. The second kappa shape index (κ2) is 12.7. The van der Waals surface area contributed by atoms with Crippen molar-refractivity contribution in [2.75, 3.05) is 0 Å². The van der Waals surface area contributed by atoms with Gasteiger partial charge in [-0.2, -0.15) is 0 Å². The molecule has 0 radical (unpaired) electrons. The van der Waals surface area contributed by atoms with Gasteiger partial charge in [0, 0.05) is 6.42 Å². The molecule has 0 aromatic heterocycles. The standard InChI is InChI=1S/C24H36O4/c25-19-18-24(27)16-10-3-1-8-14-22(15-9-2-4-11-17-24)23(26)28-20-21-12-6-5-7-13-21/h5-7,12-13,19,22,27H,1-4,8-11,14-18,20H2. The first kappa shape index (κ1) is 22.6. The lowest BCUT2D eigenvalue weighted by Crippen LogP contribution is -2.29. The van der Waals surface area contributed by atoms with Gasteiger partial charge in [0.05, 0.1) is 11.5 Å². The predicted molar refractivity (Wildman–Crippen MR) is 111 cm³/mol. The molecule has 2 rings (SSSR count). The van der Waals surface area contributed by atoms with Crippen LogP contribution in [0.25, 0.3) is 0 Å². The van der Waals surface area contributed by atoms with E-state index in [1.807, 2.05) is 30.3 Å². The van der Waals surface area contributed by atoms with Crippen molar-refractivity contribution in [2.24, 2.45) is 5.92 Å². The molecular formula is C24H36O4. The van der Waals surface area contributed by atoms with Crippen LogP contribution in [0.5, 0.6) is 0 Å². The first-order valence-electron chi connectivity index (χ1n) is 11.0. The van der Waals surface area contributed by atoms with Crippen molar-refractivity contribution in [3.05, 3.63) is 35.9 Å². The number of aliphatic hydroxyl groups is 1. The summed E-state index contributed by atoms with van der Waals surface area (Å²) in [7, 11) is 0. The summed E-state index contributed by atoms with van der Waals surface area (Å²) in [5.41, 5.74) is 0.217. The quantitative estimate of drug-likeness (QED) is 0.545. The third-order valence-electron chi connectivity index (χ3n) is 5.91. The van der Waals surface area contributed by atoms with Crippen molar-refractivity contribution < 1.29 is 19.4 Å². The van der Waals surface area contributed by atoms with E-state index in [-0.39, 0.29) is 18.3 Å². The van der Waals surface area contributed by atoms with Crippen molar-refractivity contribution in [3.63, 3.8) is 0 Å². The van der Waals surface area contributed by atoms with Gasteiger partial charge in [0.15, 0.2) is 0 Å². The average molecular weight is 389 g/mol. The van der Waals surface area contributed by atoms with Crippen LogP contribution in [0.2, 0.25) is 0 Å². The lowest BCUT2D eigenvalue weighted by atomic mass is 9.86. The van der Waals surface area contributed by atoms with Crippen molar-refractivity contribution in [1.82, 2.24) is 0 Å². The van der Waals surface area contributed by atoms with Gasteiger partial charge in [0.25, 0.3) is 0 Å². The molecule has 4 heteroatoms. The van der Waals surface area contributed by atoms with Crippen LogP contribution in [-0.2, 0) is 20.9 Å². The van der Waals surface area contributed by atoms with Gasteiger partial charge in [-0.3, -0.25) is 4.79 Å². The fourth-order valence-corrected chi connectivity index (χ4v) is 4.11. The summed E-state index contributed by atoms with van der Waals surface area (Å²) in [5, 5.41) is 10.7. The largest absolute Gasteiger partial charge is 0.461 e. The molecule has 1 saturated carbocycles. The van der Waals surface area contributed by atoms with E-state index in [9.17, 15) is 14.7 Å². The molecule has 4 nitrogen and oxygen atoms in total. The van der Waals surface area contributed by atoms with Gasteiger partial charge in [-0.1, -0.05) is 81.7 Å². The van der Waals surface area contributed by atoms with Crippen LogP contribution < -0.4 is 0 Å². The third-order valence-corrected chi connectivity index (χ3v) is 5.91. The summed E-state index contributed by atoms with van der Waals surface area (Å²) in [6, 6.07) is 9.84. The second-order valence-electron chi connectivity index (χ2n) is 8.29. The maximum atomic E-state index is 12.6. The maximum absolute atomic E-state index is 12.6. The van der Waals surface area contributed by atoms with Gasteiger partial charge in [-0.25, -0.2) is 0 Å². The Morgan fingerprint density at radius 3 is 2.11 bits per heavy atom. The predicted octanol–water partition coefficient (Wildman–Crippen LogP) is 5.36. The molecule has 0 spiro atoms. The number of carbonyl (C=O) groups is 2. The Labute approximate surface area is 169 Å². The van der Waals surface area contributed by atoms with Crippen LogP contribution >= 0.6 is 0 Å². The van der Waals surface area contributed by atoms with Gasteiger partial charge in [-0.05, 0) is 31.2 Å². The number of hydrogen-bond acceptors (Lipinski definition) is 4. The maximum Gasteiger partial charge on any atom is 0.309 e. The Balaban J connectivity index is 1.81. The van der Waals surface area contributed by atoms with Gasteiger partial charge >= 0.3 is 5.97 Å². The Kier molecular flexibility index (Phi) is 10.3. The molecule has 1 aromatic rings. The van der Waals surface area contributed by atoms with Crippen LogP contribution in [-0.4, -0.2) is 23.0 Å². The molecule has 1 aliphatic carbocycles. The van der Waals surface area contributed by atoms with E-state index in [1.54, 1.807) is 0 Å². The molecule has 156 valence electrons. The highest BCUT2D eigenvalue weighted by Crippen LogP contribution is 2.27. The number of aldehydes is 1. The second-order valence-corrected chi connectivity index (χ2v) is 8.29. The SMILES string of the molecule is O=CCC1(O)CCCCCCC(C(=O)OCc2ccccc2)CCCCCC1. The number of carbonyl (C=O) groups excluding carboxylic acids is 2. The molecule has 0 amide bonds. The van der Waals surface area contributed by atoms with Gasteiger partial charge in [0.1, 0.15) is 12.9 Å². The molecule has 1 N–H and O–H groups in total. The highest BCUT2D eigenvalue weighted by atomic mass is 16.5. The molecule has 0 aliphatic heterocycles. The first-order chi connectivity index (χ1) is 13.6. The van der Waals surface area contributed by atoms with Crippen LogP contribution in [0.3, 0.4) is 0 Å². The van der Waals surface area contributed by atoms with E-state index >= 15 is 0 Å². The minimum absolute atomic E-state index is 0.00125. The topological polar surface area (TPSA) is 63.6 Å². The third kappa shape index (κ3) is 8.55. The van der Waals surface area contributed by atoms with Crippen LogP contribution in [0.4, 0.5) is 0 Å². The molecule has 1 fully saturated rings. The van der Waals surface area contributed by atoms with Gasteiger partial charge in [0.2, 0.25) is 0 Å². The van der Waals surface area contributed by atoms with E-state index in [4.69, 9.17) is 4.74 Å². The fraction of sp³-hybridized carbons (Fsp3) is 0.667. The van der Waals surface area contributed by atoms with E-state index < -0.39 is 5.60 Å².